The minimum Gasteiger partial charge on any atom is -0.494 e. The zero-order valence-electron chi connectivity index (χ0n) is 12.4. The third-order valence-corrected chi connectivity index (χ3v) is 3.67. The molecule has 1 aliphatic heterocycles. The van der Waals surface area contributed by atoms with Crippen LogP contribution in [0.15, 0.2) is 18.2 Å². The predicted octanol–water partition coefficient (Wildman–Crippen LogP) is 1.82. The zero-order chi connectivity index (χ0) is 14.5. The summed E-state index contributed by atoms with van der Waals surface area (Å²) in [5.41, 5.74) is 1.01. The van der Waals surface area contributed by atoms with E-state index in [-0.39, 0.29) is 23.7 Å². The molecule has 1 saturated heterocycles. The number of hydrogen-bond donors (Lipinski definition) is 1. The fraction of sp³-hybridized carbons (Fsp3) is 0.600. The van der Waals surface area contributed by atoms with Gasteiger partial charge < -0.3 is 19.7 Å². The molecule has 112 valence electrons. The van der Waals surface area contributed by atoms with Crippen molar-refractivity contribution in [3.63, 3.8) is 0 Å². The quantitative estimate of drug-likeness (QED) is 0.893. The van der Waals surface area contributed by atoms with E-state index in [0.29, 0.717) is 0 Å². The Hall–Kier alpha value is -1.17. The van der Waals surface area contributed by atoms with Crippen molar-refractivity contribution in [3.05, 3.63) is 29.6 Å². The van der Waals surface area contributed by atoms with Crippen LogP contribution in [0.5, 0.6) is 5.75 Å². The number of nitrogens with zero attached hydrogens (tertiary/aromatic N) is 1. The lowest BCUT2D eigenvalue weighted by molar-refractivity contribution is -0.0190. The summed E-state index contributed by atoms with van der Waals surface area (Å²) >= 11 is 0. The summed E-state index contributed by atoms with van der Waals surface area (Å²) in [7, 11) is 3.58. The van der Waals surface area contributed by atoms with Crippen LogP contribution in [0, 0.1) is 5.82 Å². The van der Waals surface area contributed by atoms with Crippen molar-refractivity contribution >= 4 is 0 Å². The average Bonchev–Trinajstić information content (AvgIpc) is 2.45. The van der Waals surface area contributed by atoms with Gasteiger partial charge in [0.1, 0.15) is 0 Å². The number of benzene rings is 1. The second-order valence-electron chi connectivity index (χ2n) is 5.28. The minimum absolute atomic E-state index is 0.125. The lowest BCUT2D eigenvalue weighted by Crippen LogP contribution is -2.45. The Morgan fingerprint density at radius 1 is 1.55 bits per heavy atom. The highest BCUT2D eigenvalue weighted by Crippen LogP contribution is 2.22. The number of methoxy groups -OCH3 is 1. The number of hydrogen-bond acceptors (Lipinski definition) is 4. The molecule has 0 saturated carbocycles. The van der Waals surface area contributed by atoms with Crippen LogP contribution >= 0.6 is 0 Å². The van der Waals surface area contributed by atoms with Crippen molar-refractivity contribution in [2.24, 2.45) is 0 Å². The van der Waals surface area contributed by atoms with Gasteiger partial charge in [-0.2, -0.15) is 0 Å². The molecule has 1 aliphatic rings. The van der Waals surface area contributed by atoms with Gasteiger partial charge in [-0.05, 0) is 31.7 Å². The third-order valence-electron chi connectivity index (χ3n) is 3.67. The van der Waals surface area contributed by atoms with Gasteiger partial charge in [0, 0.05) is 25.7 Å². The van der Waals surface area contributed by atoms with Crippen molar-refractivity contribution < 1.29 is 13.9 Å². The van der Waals surface area contributed by atoms with Crippen molar-refractivity contribution in [1.29, 1.82) is 0 Å². The van der Waals surface area contributed by atoms with E-state index in [1.165, 1.54) is 13.2 Å². The highest BCUT2D eigenvalue weighted by Gasteiger charge is 2.18. The molecule has 1 aromatic rings. The van der Waals surface area contributed by atoms with Gasteiger partial charge in [0.05, 0.1) is 19.8 Å². The normalized spacial score (nSPS) is 21.7. The molecule has 2 rings (SSSR count). The van der Waals surface area contributed by atoms with Gasteiger partial charge in [-0.15, -0.1) is 0 Å². The van der Waals surface area contributed by atoms with Gasteiger partial charge in [-0.25, -0.2) is 4.39 Å². The Labute approximate surface area is 119 Å². The van der Waals surface area contributed by atoms with Crippen LogP contribution in [0.4, 0.5) is 4.39 Å². The number of ether oxygens (including phenoxy) is 2. The summed E-state index contributed by atoms with van der Waals surface area (Å²) in [6, 6.07) is 5.09. The van der Waals surface area contributed by atoms with Crippen LogP contribution in [-0.2, 0) is 4.74 Å². The van der Waals surface area contributed by atoms with Crippen LogP contribution in [0.1, 0.15) is 18.5 Å². The molecular formula is C15H23FN2O2. The Morgan fingerprint density at radius 3 is 3.05 bits per heavy atom. The Bertz CT molecular complexity index is 442. The van der Waals surface area contributed by atoms with Crippen LogP contribution in [0.2, 0.25) is 0 Å². The summed E-state index contributed by atoms with van der Waals surface area (Å²) in [5, 5.41) is 3.43. The van der Waals surface area contributed by atoms with Gasteiger partial charge in [0.25, 0.3) is 0 Å². The molecule has 4 nitrogen and oxygen atoms in total. The molecule has 1 aromatic carbocycles. The zero-order valence-corrected chi connectivity index (χ0v) is 12.4. The third kappa shape index (κ3) is 3.91. The van der Waals surface area contributed by atoms with Gasteiger partial charge in [-0.1, -0.05) is 6.07 Å². The Kier molecular flexibility index (Phi) is 5.34. The van der Waals surface area contributed by atoms with E-state index in [1.807, 2.05) is 0 Å². The largest absolute Gasteiger partial charge is 0.494 e. The van der Waals surface area contributed by atoms with Crippen molar-refractivity contribution in [2.75, 3.05) is 40.4 Å². The second-order valence-corrected chi connectivity index (χ2v) is 5.28. The molecule has 1 heterocycles. The monoisotopic (exact) mass is 282 g/mol. The van der Waals surface area contributed by atoms with Crippen LogP contribution in [-0.4, -0.2) is 51.4 Å². The molecule has 5 heteroatoms. The highest BCUT2D eigenvalue weighted by molar-refractivity contribution is 5.31. The summed E-state index contributed by atoms with van der Waals surface area (Å²) in [5.74, 6) is -0.0505. The topological polar surface area (TPSA) is 33.7 Å². The van der Waals surface area contributed by atoms with Gasteiger partial charge in [0.15, 0.2) is 11.6 Å². The van der Waals surface area contributed by atoms with Crippen molar-refractivity contribution in [1.82, 2.24) is 10.2 Å². The van der Waals surface area contributed by atoms with Gasteiger partial charge in [0.2, 0.25) is 0 Å². The summed E-state index contributed by atoms with van der Waals surface area (Å²) in [6.07, 6.45) is 0.207. The maximum atomic E-state index is 13.4. The predicted molar refractivity (Wildman–Crippen MR) is 76.6 cm³/mol. The first-order valence-corrected chi connectivity index (χ1v) is 6.97. The fourth-order valence-electron chi connectivity index (χ4n) is 2.36. The number of nitrogens with one attached hydrogen (secondary N) is 1. The Morgan fingerprint density at radius 2 is 2.35 bits per heavy atom. The molecule has 0 bridgehead atoms. The van der Waals surface area contributed by atoms with Gasteiger partial charge >= 0.3 is 0 Å². The smallest absolute Gasteiger partial charge is 0.165 e. The maximum absolute atomic E-state index is 13.4. The first kappa shape index (κ1) is 15.2. The molecular weight excluding hydrogens is 259 g/mol. The van der Waals surface area contributed by atoms with Crippen LogP contribution in [0.3, 0.4) is 0 Å². The molecule has 0 spiro atoms. The highest BCUT2D eigenvalue weighted by atomic mass is 19.1. The van der Waals surface area contributed by atoms with Crippen molar-refractivity contribution in [2.45, 2.75) is 19.1 Å². The van der Waals surface area contributed by atoms with Crippen molar-refractivity contribution in [3.8, 4) is 5.75 Å². The fourth-order valence-corrected chi connectivity index (χ4v) is 2.36. The van der Waals surface area contributed by atoms with E-state index in [4.69, 9.17) is 9.47 Å². The second kappa shape index (κ2) is 7.02. The molecule has 1 N–H and O–H groups in total. The molecule has 0 aromatic heterocycles. The number of halogens is 1. The van der Waals surface area contributed by atoms with E-state index in [0.717, 1.165) is 31.8 Å². The van der Waals surface area contributed by atoms with E-state index in [1.54, 1.807) is 12.1 Å². The van der Waals surface area contributed by atoms with E-state index >= 15 is 0 Å². The van der Waals surface area contributed by atoms with E-state index < -0.39 is 0 Å². The molecule has 0 radical (unpaired) electrons. The molecule has 0 amide bonds. The van der Waals surface area contributed by atoms with E-state index in [9.17, 15) is 4.39 Å². The summed E-state index contributed by atoms with van der Waals surface area (Å²) in [4.78, 5) is 2.27. The first-order chi connectivity index (χ1) is 9.60. The van der Waals surface area contributed by atoms with Crippen LogP contribution in [0.25, 0.3) is 0 Å². The number of morpholine rings is 1. The lowest BCUT2D eigenvalue weighted by atomic mass is 10.1. The molecule has 2 unspecified atom stereocenters. The summed E-state index contributed by atoms with van der Waals surface area (Å²) < 4.78 is 24.1. The SMILES string of the molecule is COc1cc(C(C)NCC2CN(C)CCO2)ccc1F. The lowest BCUT2D eigenvalue weighted by Gasteiger charge is -2.31. The Balaban J connectivity index is 1.89. The maximum Gasteiger partial charge on any atom is 0.165 e. The van der Waals surface area contributed by atoms with Crippen LogP contribution < -0.4 is 10.1 Å². The summed E-state index contributed by atoms with van der Waals surface area (Å²) in [6.45, 7) is 5.54. The average molecular weight is 282 g/mol. The van der Waals surface area contributed by atoms with E-state index in [2.05, 4.69) is 24.2 Å². The number of likely N-dealkylation sites (N-methyl/N-ethyl adjacent to an activating group) is 1. The standard InChI is InChI=1S/C15H23FN2O2/c1-11(12-4-5-14(16)15(8-12)19-3)17-9-13-10-18(2)6-7-20-13/h4-5,8,11,13,17H,6-7,9-10H2,1-3H3. The first-order valence-electron chi connectivity index (χ1n) is 6.97. The van der Waals surface area contributed by atoms with Gasteiger partial charge in [-0.3, -0.25) is 0 Å². The molecule has 2 atom stereocenters. The number of rotatable bonds is 5. The minimum atomic E-state index is -0.333. The molecule has 20 heavy (non-hydrogen) atoms. The molecule has 0 aliphatic carbocycles. The molecule has 1 fully saturated rings.